The Bertz CT molecular complexity index is 389. The molecule has 2 rings (SSSR count). The number of hydrogen-bond acceptors (Lipinski definition) is 2. The predicted octanol–water partition coefficient (Wildman–Crippen LogP) is 2.30. The molecule has 0 aromatic carbocycles. The Morgan fingerprint density at radius 2 is 2.05 bits per heavy atom. The van der Waals surface area contributed by atoms with Crippen LogP contribution < -0.4 is 0 Å². The summed E-state index contributed by atoms with van der Waals surface area (Å²) in [5.41, 5.74) is 0. The van der Waals surface area contributed by atoms with Crippen molar-refractivity contribution in [2.24, 2.45) is 17.8 Å². The van der Waals surface area contributed by atoms with Gasteiger partial charge in [0, 0.05) is 24.9 Å². The highest BCUT2D eigenvalue weighted by atomic mass is 16.4. The molecule has 2 aliphatic carbocycles. The lowest BCUT2D eigenvalue weighted by Crippen LogP contribution is -2.42. The van der Waals surface area contributed by atoms with Gasteiger partial charge in [-0.3, -0.25) is 9.59 Å². The largest absolute Gasteiger partial charge is 0.481 e. The van der Waals surface area contributed by atoms with E-state index in [-0.39, 0.29) is 24.3 Å². The van der Waals surface area contributed by atoms with Crippen molar-refractivity contribution in [2.45, 2.75) is 45.6 Å². The zero-order valence-electron chi connectivity index (χ0n) is 11.7. The second kappa shape index (κ2) is 5.76. The van der Waals surface area contributed by atoms with Crippen LogP contribution in [0, 0.1) is 17.8 Å². The maximum Gasteiger partial charge on any atom is 0.303 e. The molecule has 1 amide bonds. The van der Waals surface area contributed by atoms with Gasteiger partial charge in [-0.1, -0.05) is 12.2 Å². The normalized spacial score (nSPS) is 28.1. The molecule has 0 radical (unpaired) electrons. The van der Waals surface area contributed by atoms with Crippen molar-refractivity contribution < 1.29 is 14.7 Å². The molecule has 0 aromatic rings. The van der Waals surface area contributed by atoms with E-state index >= 15 is 0 Å². The minimum absolute atomic E-state index is 0.127. The molecule has 1 N–H and O–H groups in total. The van der Waals surface area contributed by atoms with E-state index < -0.39 is 5.97 Å². The Morgan fingerprint density at radius 3 is 2.53 bits per heavy atom. The average Bonchev–Trinajstić information content (AvgIpc) is 2.95. The van der Waals surface area contributed by atoms with Crippen molar-refractivity contribution in [1.82, 2.24) is 4.90 Å². The zero-order chi connectivity index (χ0) is 14.0. The topological polar surface area (TPSA) is 57.6 Å². The fourth-order valence-corrected chi connectivity index (χ4v) is 3.30. The van der Waals surface area contributed by atoms with Gasteiger partial charge in [-0.05, 0) is 44.9 Å². The van der Waals surface area contributed by atoms with Crippen LogP contribution in [-0.4, -0.2) is 34.5 Å². The number of carboxylic acid groups (broad SMARTS) is 1. The highest BCUT2D eigenvalue weighted by Crippen LogP contribution is 2.44. The number of aliphatic carboxylic acids is 1. The quantitative estimate of drug-likeness (QED) is 0.750. The summed E-state index contributed by atoms with van der Waals surface area (Å²) in [6.07, 6.45) is 7.19. The number of hydrogen-bond donors (Lipinski definition) is 1. The Morgan fingerprint density at radius 1 is 1.32 bits per heavy atom. The lowest BCUT2D eigenvalue weighted by atomic mass is 9.91. The SMILES string of the molecule is CC(C)N(CCCC(=O)O)C(=O)C1CC2C=CC1C2. The van der Waals surface area contributed by atoms with Crippen LogP contribution in [0.1, 0.15) is 39.5 Å². The number of fused-ring (bicyclic) bond motifs is 2. The van der Waals surface area contributed by atoms with Gasteiger partial charge in [-0.25, -0.2) is 0 Å². The fourth-order valence-electron chi connectivity index (χ4n) is 3.30. The summed E-state index contributed by atoms with van der Waals surface area (Å²) in [6, 6.07) is 0.143. The van der Waals surface area contributed by atoms with Gasteiger partial charge in [0.25, 0.3) is 0 Å². The molecule has 0 aliphatic heterocycles. The molecule has 3 atom stereocenters. The van der Waals surface area contributed by atoms with Crippen molar-refractivity contribution >= 4 is 11.9 Å². The third-order valence-corrected chi connectivity index (χ3v) is 4.29. The predicted molar refractivity (Wildman–Crippen MR) is 72.6 cm³/mol. The lowest BCUT2D eigenvalue weighted by Gasteiger charge is -2.31. The van der Waals surface area contributed by atoms with Crippen LogP contribution in [-0.2, 0) is 9.59 Å². The first-order chi connectivity index (χ1) is 8.99. The first kappa shape index (κ1) is 14.1. The lowest BCUT2D eigenvalue weighted by molar-refractivity contribution is -0.140. The van der Waals surface area contributed by atoms with Crippen LogP contribution in [0.2, 0.25) is 0 Å². The van der Waals surface area contributed by atoms with E-state index in [0.717, 1.165) is 12.8 Å². The first-order valence-corrected chi connectivity index (χ1v) is 7.19. The van der Waals surface area contributed by atoms with E-state index in [9.17, 15) is 9.59 Å². The third kappa shape index (κ3) is 3.17. The van der Waals surface area contributed by atoms with E-state index in [0.29, 0.717) is 24.8 Å². The first-order valence-electron chi connectivity index (χ1n) is 7.19. The smallest absolute Gasteiger partial charge is 0.303 e. The minimum atomic E-state index is -0.793. The Hall–Kier alpha value is -1.32. The van der Waals surface area contributed by atoms with E-state index in [1.807, 2.05) is 18.7 Å². The van der Waals surface area contributed by atoms with Gasteiger partial charge in [-0.15, -0.1) is 0 Å². The van der Waals surface area contributed by atoms with Crippen LogP contribution in [0.15, 0.2) is 12.2 Å². The number of carboxylic acids is 1. The molecule has 1 fully saturated rings. The molecule has 4 nitrogen and oxygen atoms in total. The molecule has 0 heterocycles. The highest BCUT2D eigenvalue weighted by Gasteiger charge is 2.41. The second-order valence-corrected chi connectivity index (χ2v) is 6.01. The maximum atomic E-state index is 12.6. The minimum Gasteiger partial charge on any atom is -0.481 e. The van der Waals surface area contributed by atoms with E-state index in [2.05, 4.69) is 12.2 Å². The fraction of sp³-hybridized carbons (Fsp3) is 0.733. The van der Waals surface area contributed by atoms with Crippen molar-refractivity contribution in [3.63, 3.8) is 0 Å². The highest BCUT2D eigenvalue weighted by molar-refractivity contribution is 5.80. The van der Waals surface area contributed by atoms with Crippen LogP contribution in [0.5, 0.6) is 0 Å². The van der Waals surface area contributed by atoms with Gasteiger partial charge in [0.05, 0.1) is 0 Å². The number of amides is 1. The summed E-state index contributed by atoms with van der Waals surface area (Å²) < 4.78 is 0. The molecular weight excluding hydrogens is 242 g/mol. The maximum absolute atomic E-state index is 12.6. The summed E-state index contributed by atoms with van der Waals surface area (Å²) in [6.45, 7) is 4.56. The van der Waals surface area contributed by atoms with E-state index in [1.54, 1.807) is 0 Å². The Labute approximate surface area is 114 Å². The van der Waals surface area contributed by atoms with Gasteiger partial charge in [0.15, 0.2) is 0 Å². The van der Waals surface area contributed by atoms with E-state index in [1.165, 1.54) is 0 Å². The number of rotatable bonds is 6. The van der Waals surface area contributed by atoms with Crippen molar-refractivity contribution in [1.29, 1.82) is 0 Å². The van der Waals surface area contributed by atoms with Gasteiger partial charge >= 0.3 is 5.97 Å². The van der Waals surface area contributed by atoms with Crippen molar-refractivity contribution in [3.8, 4) is 0 Å². The molecule has 2 bridgehead atoms. The molecule has 1 saturated carbocycles. The molecule has 0 spiro atoms. The molecule has 106 valence electrons. The average molecular weight is 265 g/mol. The van der Waals surface area contributed by atoms with Crippen molar-refractivity contribution in [3.05, 3.63) is 12.2 Å². The molecule has 3 unspecified atom stereocenters. The summed E-state index contributed by atoms with van der Waals surface area (Å²) >= 11 is 0. The summed E-state index contributed by atoms with van der Waals surface area (Å²) in [7, 11) is 0. The van der Waals surface area contributed by atoms with Crippen LogP contribution >= 0.6 is 0 Å². The number of carbonyl (C=O) groups is 2. The number of nitrogens with zero attached hydrogens (tertiary/aromatic N) is 1. The zero-order valence-corrected chi connectivity index (χ0v) is 11.7. The molecular formula is C15H23NO3. The Kier molecular flexibility index (Phi) is 4.27. The van der Waals surface area contributed by atoms with Gasteiger partial charge < -0.3 is 10.0 Å². The summed E-state index contributed by atoms with van der Waals surface area (Å²) in [5, 5.41) is 8.69. The van der Waals surface area contributed by atoms with Crippen LogP contribution in [0.25, 0.3) is 0 Å². The Balaban J connectivity index is 1.93. The van der Waals surface area contributed by atoms with Crippen molar-refractivity contribution in [2.75, 3.05) is 6.54 Å². The number of carbonyl (C=O) groups excluding carboxylic acids is 1. The van der Waals surface area contributed by atoms with Gasteiger partial charge in [0.1, 0.15) is 0 Å². The van der Waals surface area contributed by atoms with Gasteiger partial charge in [0.2, 0.25) is 5.91 Å². The van der Waals surface area contributed by atoms with Crippen LogP contribution in [0.3, 0.4) is 0 Å². The molecule has 0 saturated heterocycles. The molecule has 0 aromatic heterocycles. The van der Waals surface area contributed by atoms with E-state index in [4.69, 9.17) is 5.11 Å². The standard InChI is InChI=1S/C15H23NO3/c1-10(2)16(7-3-4-14(17)18)15(19)13-9-11-5-6-12(13)8-11/h5-6,10-13H,3-4,7-9H2,1-2H3,(H,17,18). The second-order valence-electron chi connectivity index (χ2n) is 6.01. The third-order valence-electron chi connectivity index (χ3n) is 4.29. The number of allylic oxidation sites excluding steroid dienone is 2. The molecule has 2 aliphatic rings. The van der Waals surface area contributed by atoms with Crippen LogP contribution in [0.4, 0.5) is 0 Å². The molecule has 19 heavy (non-hydrogen) atoms. The van der Waals surface area contributed by atoms with Gasteiger partial charge in [-0.2, -0.15) is 0 Å². The summed E-state index contributed by atoms with van der Waals surface area (Å²) in [4.78, 5) is 25.0. The molecule has 4 heteroatoms. The summed E-state index contributed by atoms with van der Waals surface area (Å²) in [5.74, 6) is 0.559. The monoisotopic (exact) mass is 265 g/mol.